The molecule has 0 aliphatic rings. The molecule has 3 nitrogen and oxygen atoms in total. The summed E-state index contributed by atoms with van der Waals surface area (Å²) in [6.45, 7) is 4.59. The van der Waals surface area contributed by atoms with E-state index in [1.807, 2.05) is 19.1 Å². The highest BCUT2D eigenvalue weighted by Crippen LogP contribution is 2.07. The lowest BCUT2D eigenvalue weighted by molar-refractivity contribution is -0.128. The van der Waals surface area contributed by atoms with Gasteiger partial charge in [0, 0.05) is 6.20 Å². The number of ether oxygens (including phenoxy) is 1. The van der Waals surface area contributed by atoms with E-state index in [1.54, 1.807) is 13.1 Å². The second-order valence-corrected chi connectivity index (χ2v) is 2.52. The van der Waals surface area contributed by atoms with E-state index in [4.69, 9.17) is 11.6 Å². The van der Waals surface area contributed by atoms with E-state index in [-0.39, 0.29) is 0 Å². The summed E-state index contributed by atoms with van der Waals surface area (Å²) in [6.07, 6.45) is 1.68. The molecule has 0 saturated heterocycles. The smallest absolute Gasteiger partial charge is 0.293 e. The summed E-state index contributed by atoms with van der Waals surface area (Å²) in [5, 5.41) is 0.590. The number of hydrogen-bond acceptors (Lipinski definition) is 3. The minimum atomic E-state index is 0.431. The lowest BCUT2D eigenvalue weighted by Gasteiger charge is -1.89. The molecule has 0 amide bonds. The third kappa shape index (κ3) is 6.11. The number of carbonyl (C=O) groups is 1. The topological polar surface area (TPSA) is 39.2 Å². The highest BCUT2D eigenvalue weighted by atomic mass is 35.5. The Balaban J connectivity index is 0.000000252. The lowest BCUT2D eigenvalue weighted by atomic mass is 10.3. The van der Waals surface area contributed by atoms with Crippen molar-refractivity contribution in [2.45, 2.75) is 13.8 Å². The highest BCUT2D eigenvalue weighted by molar-refractivity contribution is 6.30. The molecule has 1 aromatic rings. The number of pyridine rings is 1. The van der Waals surface area contributed by atoms with Crippen LogP contribution in [-0.4, -0.2) is 18.1 Å². The lowest BCUT2D eigenvalue weighted by Crippen LogP contribution is -1.80. The van der Waals surface area contributed by atoms with Crippen LogP contribution in [0.2, 0.25) is 5.15 Å². The van der Waals surface area contributed by atoms with Crippen LogP contribution in [0.3, 0.4) is 0 Å². The number of rotatable bonds is 2. The third-order valence-corrected chi connectivity index (χ3v) is 1.58. The summed E-state index contributed by atoms with van der Waals surface area (Å²) in [5.41, 5.74) is 1.02. The van der Waals surface area contributed by atoms with Crippen LogP contribution < -0.4 is 0 Å². The fourth-order valence-corrected chi connectivity index (χ4v) is 0.654. The first-order valence-corrected chi connectivity index (χ1v) is 4.22. The van der Waals surface area contributed by atoms with Crippen LogP contribution in [0, 0.1) is 6.92 Å². The molecule has 13 heavy (non-hydrogen) atoms. The van der Waals surface area contributed by atoms with Crippen molar-refractivity contribution in [3.63, 3.8) is 0 Å². The Morgan fingerprint density at radius 1 is 1.69 bits per heavy atom. The van der Waals surface area contributed by atoms with Gasteiger partial charge in [0.25, 0.3) is 6.47 Å². The number of aryl methyl sites for hydroxylation is 1. The minimum absolute atomic E-state index is 0.431. The molecule has 0 radical (unpaired) electrons. The first kappa shape index (κ1) is 11.9. The van der Waals surface area contributed by atoms with Gasteiger partial charge in [-0.2, -0.15) is 0 Å². The molecular weight excluding hydrogens is 190 g/mol. The second-order valence-electron chi connectivity index (χ2n) is 2.16. The molecule has 1 aromatic heterocycles. The predicted molar refractivity (Wildman–Crippen MR) is 51.7 cm³/mol. The molecule has 0 aliphatic heterocycles. The van der Waals surface area contributed by atoms with Crippen LogP contribution in [0.15, 0.2) is 18.3 Å². The maximum absolute atomic E-state index is 9.18. The van der Waals surface area contributed by atoms with Crippen molar-refractivity contribution in [2.24, 2.45) is 0 Å². The number of halogens is 1. The van der Waals surface area contributed by atoms with Crippen molar-refractivity contribution < 1.29 is 9.53 Å². The number of nitrogens with zero attached hydrogens (tertiary/aromatic N) is 1. The predicted octanol–water partition coefficient (Wildman–Crippen LogP) is 2.22. The summed E-state index contributed by atoms with van der Waals surface area (Å²) in [6, 6.07) is 3.79. The highest BCUT2D eigenvalue weighted by Gasteiger charge is 1.88. The molecule has 1 heterocycles. The van der Waals surface area contributed by atoms with E-state index in [0.29, 0.717) is 18.2 Å². The van der Waals surface area contributed by atoms with Gasteiger partial charge in [0.15, 0.2) is 0 Å². The Labute approximate surface area is 82.7 Å². The molecule has 0 bridgehead atoms. The molecule has 0 unspecified atom stereocenters. The van der Waals surface area contributed by atoms with Gasteiger partial charge in [0.05, 0.1) is 6.61 Å². The van der Waals surface area contributed by atoms with Crippen LogP contribution in [0.5, 0.6) is 0 Å². The maximum atomic E-state index is 9.18. The summed E-state index contributed by atoms with van der Waals surface area (Å²) in [7, 11) is 0. The number of carbonyl (C=O) groups excluding carboxylic acids is 1. The number of aromatic nitrogens is 1. The van der Waals surface area contributed by atoms with Crippen LogP contribution in [0.4, 0.5) is 0 Å². The molecule has 1 rings (SSSR count). The molecule has 72 valence electrons. The van der Waals surface area contributed by atoms with E-state index >= 15 is 0 Å². The van der Waals surface area contributed by atoms with Gasteiger partial charge >= 0.3 is 0 Å². The first-order valence-electron chi connectivity index (χ1n) is 3.84. The monoisotopic (exact) mass is 201 g/mol. The van der Waals surface area contributed by atoms with Crippen molar-refractivity contribution >= 4 is 18.1 Å². The van der Waals surface area contributed by atoms with Gasteiger partial charge in [0.2, 0.25) is 0 Å². The van der Waals surface area contributed by atoms with E-state index in [1.165, 1.54) is 0 Å². The van der Waals surface area contributed by atoms with Crippen molar-refractivity contribution in [3.05, 3.63) is 29.0 Å². The molecule has 0 N–H and O–H groups in total. The number of hydrogen-bond donors (Lipinski definition) is 0. The Hall–Kier alpha value is -1.09. The van der Waals surface area contributed by atoms with E-state index in [2.05, 4.69) is 9.72 Å². The Bertz CT molecular complexity index is 232. The summed E-state index contributed by atoms with van der Waals surface area (Å²) >= 11 is 5.60. The fraction of sp³-hybridized carbons (Fsp3) is 0.333. The molecular formula is C9H12ClNO2. The van der Waals surface area contributed by atoms with Gasteiger partial charge in [-0.25, -0.2) is 4.98 Å². The third-order valence-electron chi connectivity index (χ3n) is 1.18. The van der Waals surface area contributed by atoms with Crippen molar-refractivity contribution in [1.82, 2.24) is 4.98 Å². The van der Waals surface area contributed by atoms with Crippen molar-refractivity contribution in [3.8, 4) is 0 Å². The SMILES string of the molecule is CCOC=O.Cc1cccnc1Cl. The molecule has 0 aliphatic carbocycles. The Kier molecular flexibility index (Phi) is 6.92. The molecule has 0 aromatic carbocycles. The van der Waals surface area contributed by atoms with E-state index < -0.39 is 0 Å². The van der Waals surface area contributed by atoms with Crippen LogP contribution in [0.1, 0.15) is 12.5 Å². The molecule has 0 fully saturated rings. The summed E-state index contributed by atoms with van der Waals surface area (Å²) in [5.74, 6) is 0. The quantitative estimate of drug-likeness (QED) is 0.544. The molecule has 4 heteroatoms. The Morgan fingerprint density at radius 2 is 2.38 bits per heavy atom. The van der Waals surface area contributed by atoms with Crippen molar-refractivity contribution in [1.29, 1.82) is 0 Å². The van der Waals surface area contributed by atoms with Gasteiger partial charge in [-0.1, -0.05) is 17.7 Å². The largest absolute Gasteiger partial charge is 0.468 e. The normalized spacial score (nSPS) is 8.23. The minimum Gasteiger partial charge on any atom is -0.468 e. The standard InChI is InChI=1S/C6H6ClN.C3H6O2/c1-5-3-2-4-8-6(5)7;1-2-5-3-4/h2-4H,1H3;3H,2H2,1H3. The second kappa shape index (κ2) is 7.55. The fourth-order valence-electron chi connectivity index (χ4n) is 0.534. The first-order chi connectivity index (χ1) is 6.22. The molecule has 0 spiro atoms. The zero-order chi connectivity index (χ0) is 10.1. The van der Waals surface area contributed by atoms with Crippen LogP contribution >= 0.6 is 11.6 Å². The van der Waals surface area contributed by atoms with Gasteiger partial charge in [-0.3, -0.25) is 4.79 Å². The van der Waals surface area contributed by atoms with E-state index in [0.717, 1.165) is 5.56 Å². The van der Waals surface area contributed by atoms with Gasteiger partial charge < -0.3 is 4.74 Å². The Morgan fingerprint density at radius 3 is 2.62 bits per heavy atom. The zero-order valence-corrected chi connectivity index (χ0v) is 8.41. The zero-order valence-electron chi connectivity index (χ0n) is 7.66. The van der Waals surface area contributed by atoms with Crippen LogP contribution in [-0.2, 0) is 9.53 Å². The van der Waals surface area contributed by atoms with Crippen molar-refractivity contribution in [2.75, 3.05) is 6.61 Å². The molecule has 0 saturated carbocycles. The average molecular weight is 202 g/mol. The average Bonchev–Trinajstić information content (AvgIpc) is 2.13. The van der Waals surface area contributed by atoms with Gasteiger partial charge in [-0.05, 0) is 25.5 Å². The van der Waals surface area contributed by atoms with Crippen LogP contribution in [0.25, 0.3) is 0 Å². The van der Waals surface area contributed by atoms with Gasteiger partial charge in [0.1, 0.15) is 5.15 Å². The summed E-state index contributed by atoms with van der Waals surface area (Å²) in [4.78, 5) is 13.0. The maximum Gasteiger partial charge on any atom is 0.293 e. The van der Waals surface area contributed by atoms with Gasteiger partial charge in [-0.15, -0.1) is 0 Å². The molecule has 0 atom stereocenters. The van der Waals surface area contributed by atoms with E-state index in [9.17, 15) is 4.79 Å². The summed E-state index contributed by atoms with van der Waals surface area (Å²) < 4.78 is 4.15.